The van der Waals surface area contributed by atoms with E-state index in [4.69, 9.17) is 27.9 Å². The minimum absolute atomic E-state index is 0.00773. The molecule has 3 rings (SSSR count). The quantitative estimate of drug-likeness (QED) is 0.331. The van der Waals surface area contributed by atoms with Crippen LogP contribution in [0.4, 0.5) is 0 Å². The van der Waals surface area contributed by atoms with Crippen LogP contribution in [0.5, 0.6) is 5.75 Å². The first-order chi connectivity index (χ1) is 15.6. The molecule has 1 heterocycles. The fraction of sp³-hybridized carbons (Fsp3) is 0.360. The summed E-state index contributed by atoms with van der Waals surface area (Å²) in [6, 6.07) is 9.96. The number of carbonyl (C=O) groups excluding carboxylic acids is 2. The van der Waals surface area contributed by atoms with Gasteiger partial charge in [-0.2, -0.15) is 0 Å². The minimum Gasteiger partial charge on any atom is -0.507 e. The van der Waals surface area contributed by atoms with Gasteiger partial charge in [0.15, 0.2) is 5.75 Å². The van der Waals surface area contributed by atoms with Crippen molar-refractivity contribution in [1.82, 2.24) is 9.80 Å². The molecule has 0 spiro atoms. The van der Waals surface area contributed by atoms with Crippen LogP contribution in [0.1, 0.15) is 42.5 Å². The highest BCUT2D eigenvalue weighted by Crippen LogP contribution is 2.42. The second kappa shape index (κ2) is 10.2. The van der Waals surface area contributed by atoms with Crippen LogP contribution in [0.15, 0.2) is 42.0 Å². The van der Waals surface area contributed by atoms with Crippen LogP contribution in [0.2, 0.25) is 10.0 Å². The van der Waals surface area contributed by atoms with E-state index in [0.29, 0.717) is 19.0 Å². The maximum Gasteiger partial charge on any atom is 0.295 e. The van der Waals surface area contributed by atoms with E-state index in [9.17, 15) is 14.7 Å². The molecule has 8 heteroatoms. The van der Waals surface area contributed by atoms with Crippen LogP contribution in [-0.2, 0) is 9.59 Å². The number of Topliss-reactive ketones (excluding diaryl/α,β-unsaturated/α-hetero) is 1. The van der Waals surface area contributed by atoms with Gasteiger partial charge in [0.2, 0.25) is 0 Å². The minimum atomic E-state index is -0.743. The SMILES string of the molecule is COc1c(Cl)cc(/C(O)=C2\C(=O)C(=O)N(CCN(C)C)C2c2ccc(C(C)C)cc2)cc1Cl. The van der Waals surface area contributed by atoms with Gasteiger partial charge in [-0.25, -0.2) is 0 Å². The van der Waals surface area contributed by atoms with Crippen molar-refractivity contribution in [2.45, 2.75) is 25.8 Å². The number of halogens is 2. The predicted molar refractivity (Wildman–Crippen MR) is 131 cm³/mol. The zero-order valence-electron chi connectivity index (χ0n) is 19.4. The number of hydrogen-bond acceptors (Lipinski definition) is 5. The first-order valence-corrected chi connectivity index (χ1v) is 11.4. The molecule has 1 N–H and O–H groups in total. The molecule has 0 bridgehead atoms. The Morgan fingerprint density at radius 2 is 1.70 bits per heavy atom. The number of aliphatic hydroxyl groups excluding tert-OH is 1. The van der Waals surface area contributed by atoms with Gasteiger partial charge in [-0.3, -0.25) is 9.59 Å². The van der Waals surface area contributed by atoms with Gasteiger partial charge < -0.3 is 19.6 Å². The first-order valence-electron chi connectivity index (χ1n) is 10.6. The van der Waals surface area contributed by atoms with Crippen LogP contribution in [0, 0.1) is 0 Å². The molecule has 1 aliphatic heterocycles. The van der Waals surface area contributed by atoms with E-state index in [2.05, 4.69) is 13.8 Å². The number of methoxy groups -OCH3 is 1. The molecular formula is C25H28Cl2N2O4. The average Bonchev–Trinajstić information content (AvgIpc) is 3.01. The predicted octanol–water partition coefficient (Wildman–Crippen LogP) is 5.11. The third-order valence-corrected chi connectivity index (χ3v) is 6.28. The van der Waals surface area contributed by atoms with Crippen molar-refractivity contribution >= 4 is 40.7 Å². The molecule has 2 aromatic carbocycles. The monoisotopic (exact) mass is 490 g/mol. The van der Waals surface area contributed by atoms with Crippen LogP contribution < -0.4 is 4.74 Å². The number of benzene rings is 2. The lowest BCUT2D eigenvalue weighted by atomic mass is 9.93. The van der Waals surface area contributed by atoms with Gasteiger partial charge in [-0.05, 0) is 43.3 Å². The molecule has 1 amide bonds. The lowest BCUT2D eigenvalue weighted by Gasteiger charge is -2.27. The number of amides is 1. The maximum atomic E-state index is 13.1. The third-order valence-electron chi connectivity index (χ3n) is 5.72. The van der Waals surface area contributed by atoms with Gasteiger partial charge in [-0.1, -0.05) is 61.3 Å². The number of nitrogens with zero attached hydrogens (tertiary/aromatic N) is 2. The molecule has 1 saturated heterocycles. The van der Waals surface area contributed by atoms with Gasteiger partial charge in [0, 0.05) is 18.7 Å². The van der Waals surface area contributed by atoms with E-state index in [-0.39, 0.29) is 32.7 Å². The Morgan fingerprint density at radius 1 is 1.12 bits per heavy atom. The molecule has 1 aliphatic rings. The highest BCUT2D eigenvalue weighted by atomic mass is 35.5. The van der Waals surface area contributed by atoms with Crippen LogP contribution >= 0.6 is 23.2 Å². The van der Waals surface area contributed by atoms with E-state index in [1.54, 1.807) is 0 Å². The zero-order chi connectivity index (χ0) is 24.4. The average molecular weight is 491 g/mol. The van der Waals surface area contributed by atoms with Crippen molar-refractivity contribution in [2.75, 3.05) is 34.3 Å². The van der Waals surface area contributed by atoms with Crippen molar-refractivity contribution in [3.8, 4) is 5.75 Å². The summed E-state index contributed by atoms with van der Waals surface area (Å²) in [4.78, 5) is 29.5. The van der Waals surface area contributed by atoms with Crippen molar-refractivity contribution in [2.24, 2.45) is 0 Å². The molecule has 1 unspecified atom stereocenters. The number of carbonyl (C=O) groups is 2. The summed E-state index contributed by atoms with van der Waals surface area (Å²) in [6.07, 6.45) is 0. The molecular weight excluding hydrogens is 463 g/mol. The highest BCUT2D eigenvalue weighted by Gasteiger charge is 2.46. The normalized spacial score (nSPS) is 18.0. The van der Waals surface area contributed by atoms with Crippen LogP contribution in [0.25, 0.3) is 5.76 Å². The summed E-state index contributed by atoms with van der Waals surface area (Å²) < 4.78 is 5.17. The number of ether oxygens (including phenoxy) is 1. The number of hydrogen-bond donors (Lipinski definition) is 1. The van der Waals surface area contributed by atoms with E-state index in [1.165, 1.54) is 24.1 Å². The molecule has 0 saturated carbocycles. The van der Waals surface area contributed by atoms with Crippen LogP contribution in [0.3, 0.4) is 0 Å². The number of ketones is 1. The fourth-order valence-electron chi connectivity index (χ4n) is 3.88. The Kier molecular flexibility index (Phi) is 7.73. The second-order valence-electron chi connectivity index (χ2n) is 8.59. The van der Waals surface area contributed by atoms with Gasteiger partial charge in [0.1, 0.15) is 5.76 Å². The summed E-state index contributed by atoms with van der Waals surface area (Å²) in [7, 11) is 5.22. The summed E-state index contributed by atoms with van der Waals surface area (Å²) in [5, 5.41) is 11.6. The molecule has 176 valence electrons. The standard InChI is InChI=1S/C25H28Cl2N2O4/c1-14(2)15-6-8-16(9-7-15)21-20(23(31)25(32)29(21)11-10-28(3)4)22(30)17-12-18(26)24(33-5)19(27)13-17/h6-9,12-14,21,30H,10-11H2,1-5H3/b22-20+. The van der Waals surface area contributed by atoms with E-state index in [1.807, 2.05) is 43.3 Å². The molecule has 2 aromatic rings. The van der Waals surface area contributed by atoms with E-state index < -0.39 is 17.7 Å². The Balaban J connectivity index is 2.17. The number of likely N-dealkylation sites (N-methyl/N-ethyl adjacent to an activating group) is 1. The molecule has 0 radical (unpaired) electrons. The van der Waals surface area contributed by atoms with E-state index >= 15 is 0 Å². The summed E-state index contributed by atoms with van der Waals surface area (Å²) in [5.74, 6) is -1.12. The van der Waals surface area contributed by atoms with Gasteiger partial charge >= 0.3 is 0 Å². The third kappa shape index (κ3) is 5.03. The fourth-order valence-corrected chi connectivity index (χ4v) is 4.52. The highest BCUT2D eigenvalue weighted by molar-refractivity contribution is 6.46. The largest absolute Gasteiger partial charge is 0.507 e. The maximum absolute atomic E-state index is 13.1. The zero-order valence-corrected chi connectivity index (χ0v) is 20.9. The molecule has 0 aliphatic carbocycles. The Morgan fingerprint density at radius 3 is 2.18 bits per heavy atom. The number of likely N-dealkylation sites (tertiary alicyclic amines) is 1. The number of rotatable bonds is 7. The number of aliphatic hydroxyl groups is 1. The van der Waals surface area contributed by atoms with Crippen molar-refractivity contribution < 1.29 is 19.4 Å². The van der Waals surface area contributed by atoms with Gasteiger partial charge in [0.25, 0.3) is 11.7 Å². The summed E-state index contributed by atoms with van der Waals surface area (Å²) >= 11 is 12.5. The molecule has 33 heavy (non-hydrogen) atoms. The van der Waals surface area contributed by atoms with E-state index in [0.717, 1.165) is 11.1 Å². The Bertz CT molecular complexity index is 1070. The Labute approximate surface area is 204 Å². The van der Waals surface area contributed by atoms with Crippen LogP contribution in [-0.4, -0.2) is 60.9 Å². The summed E-state index contributed by atoms with van der Waals surface area (Å²) in [6.45, 7) is 5.08. The van der Waals surface area contributed by atoms with Crippen molar-refractivity contribution in [1.29, 1.82) is 0 Å². The first kappa shape index (κ1) is 25.1. The lowest BCUT2D eigenvalue weighted by Crippen LogP contribution is -2.35. The molecule has 1 fully saturated rings. The molecule has 0 aromatic heterocycles. The molecule has 6 nitrogen and oxygen atoms in total. The van der Waals surface area contributed by atoms with Gasteiger partial charge in [-0.15, -0.1) is 0 Å². The van der Waals surface area contributed by atoms with Gasteiger partial charge in [0.05, 0.1) is 28.8 Å². The van der Waals surface area contributed by atoms with Crippen molar-refractivity contribution in [3.05, 3.63) is 68.7 Å². The second-order valence-corrected chi connectivity index (χ2v) is 9.40. The summed E-state index contributed by atoms with van der Waals surface area (Å²) in [5.41, 5.74) is 2.12. The molecule has 1 atom stereocenters. The topological polar surface area (TPSA) is 70.1 Å². The lowest BCUT2D eigenvalue weighted by molar-refractivity contribution is -0.140. The Hall–Kier alpha value is -2.54. The van der Waals surface area contributed by atoms with Crippen molar-refractivity contribution in [3.63, 3.8) is 0 Å². The smallest absolute Gasteiger partial charge is 0.295 e.